The average Bonchev–Trinajstić information content (AvgIpc) is 3.26. The maximum atomic E-state index is 6.29. The van der Waals surface area contributed by atoms with Crippen LogP contribution in [-0.2, 0) is 6.42 Å². The van der Waals surface area contributed by atoms with E-state index in [-0.39, 0.29) is 0 Å². The Hall–Kier alpha value is -2.93. The van der Waals surface area contributed by atoms with Gasteiger partial charge >= 0.3 is 0 Å². The molecule has 4 aromatic rings. The molecular weight excluding hydrogens is 326 g/mol. The van der Waals surface area contributed by atoms with E-state index in [0.29, 0.717) is 23.3 Å². The summed E-state index contributed by atoms with van der Waals surface area (Å²) in [4.78, 5) is 20.2. The molecule has 8 heteroatoms. The highest BCUT2D eigenvalue weighted by Crippen LogP contribution is 2.23. The molecule has 0 atom stereocenters. The number of benzene rings is 1. The summed E-state index contributed by atoms with van der Waals surface area (Å²) in [6.45, 7) is 0.688. The van der Waals surface area contributed by atoms with Crippen molar-refractivity contribution in [1.29, 1.82) is 0 Å². The Balaban J connectivity index is 1.59. The number of aromatic amines is 1. The molecule has 0 saturated carbocycles. The molecule has 24 heavy (non-hydrogen) atoms. The third-order valence-electron chi connectivity index (χ3n) is 3.64. The Morgan fingerprint density at radius 1 is 1.17 bits per heavy atom. The summed E-state index contributed by atoms with van der Waals surface area (Å²) >= 11 is 6.29. The Bertz CT molecular complexity index is 962. The first-order valence-electron chi connectivity index (χ1n) is 7.47. The Morgan fingerprint density at radius 3 is 2.96 bits per heavy atom. The topological polar surface area (TPSA) is 84.3 Å². The van der Waals surface area contributed by atoms with E-state index in [1.54, 1.807) is 25.0 Å². The molecule has 120 valence electrons. The Morgan fingerprint density at radius 2 is 2.08 bits per heavy atom. The van der Waals surface area contributed by atoms with Crippen molar-refractivity contribution < 1.29 is 0 Å². The highest BCUT2D eigenvalue weighted by molar-refractivity contribution is 6.32. The molecule has 7 nitrogen and oxygen atoms in total. The number of rotatable bonds is 5. The second-order valence-electron chi connectivity index (χ2n) is 5.22. The molecule has 0 aliphatic carbocycles. The van der Waals surface area contributed by atoms with E-state index in [1.807, 2.05) is 28.8 Å². The van der Waals surface area contributed by atoms with Crippen molar-refractivity contribution in [3.63, 3.8) is 0 Å². The molecule has 3 heterocycles. The number of nitrogens with one attached hydrogen (secondary N) is 2. The van der Waals surface area contributed by atoms with Crippen molar-refractivity contribution in [2.45, 2.75) is 6.42 Å². The minimum Gasteiger partial charge on any atom is -0.354 e. The van der Waals surface area contributed by atoms with E-state index >= 15 is 0 Å². The van der Waals surface area contributed by atoms with Crippen molar-refractivity contribution in [1.82, 2.24) is 29.5 Å². The maximum Gasteiger partial charge on any atom is 0.224 e. The molecule has 2 N–H and O–H groups in total. The molecule has 0 aliphatic heterocycles. The van der Waals surface area contributed by atoms with Gasteiger partial charge in [-0.25, -0.2) is 15.0 Å². The van der Waals surface area contributed by atoms with Crippen LogP contribution >= 0.6 is 11.6 Å². The monoisotopic (exact) mass is 339 g/mol. The number of aromatic nitrogens is 6. The lowest BCUT2D eigenvalue weighted by Gasteiger charge is -2.09. The zero-order valence-corrected chi connectivity index (χ0v) is 13.4. The van der Waals surface area contributed by atoms with Crippen LogP contribution in [0.3, 0.4) is 0 Å². The highest BCUT2D eigenvalue weighted by atomic mass is 35.5. The van der Waals surface area contributed by atoms with Gasteiger partial charge in [-0.1, -0.05) is 23.7 Å². The lowest BCUT2D eigenvalue weighted by Crippen LogP contribution is -2.10. The van der Waals surface area contributed by atoms with Crippen LogP contribution in [0.1, 0.15) is 5.69 Å². The van der Waals surface area contributed by atoms with Gasteiger partial charge in [-0.05, 0) is 12.1 Å². The van der Waals surface area contributed by atoms with Gasteiger partial charge < -0.3 is 10.3 Å². The number of fused-ring (bicyclic) bond motifs is 1. The molecule has 0 unspecified atom stereocenters. The van der Waals surface area contributed by atoms with Gasteiger partial charge in [0.25, 0.3) is 0 Å². The van der Waals surface area contributed by atoms with E-state index in [1.165, 1.54) is 0 Å². The molecule has 0 fully saturated rings. The number of hydrogen-bond donors (Lipinski definition) is 2. The van der Waals surface area contributed by atoms with Crippen LogP contribution < -0.4 is 5.32 Å². The van der Waals surface area contributed by atoms with Crippen molar-refractivity contribution >= 4 is 28.6 Å². The molecule has 4 rings (SSSR count). The van der Waals surface area contributed by atoms with E-state index in [2.05, 4.69) is 30.2 Å². The van der Waals surface area contributed by atoms with Gasteiger partial charge in [0, 0.05) is 24.9 Å². The zero-order chi connectivity index (χ0) is 16.4. The predicted molar refractivity (Wildman–Crippen MR) is 92.5 cm³/mol. The van der Waals surface area contributed by atoms with Crippen LogP contribution in [0.5, 0.6) is 0 Å². The van der Waals surface area contributed by atoms with Gasteiger partial charge in [-0.3, -0.25) is 4.57 Å². The maximum absolute atomic E-state index is 6.29. The van der Waals surface area contributed by atoms with Crippen LogP contribution in [0.15, 0.2) is 49.3 Å². The van der Waals surface area contributed by atoms with Gasteiger partial charge in [0.1, 0.15) is 11.3 Å². The minimum atomic E-state index is 0.470. The highest BCUT2D eigenvalue weighted by Gasteiger charge is 2.11. The molecule has 0 spiro atoms. The van der Waals surface area contributed by atoms with Crippen LogP contribution in [0.25, 0.3) is 16.9 Å². The second-order valence-corrected chi connectivity index (χ2v) is 5.63. The number of nitrogens with zero attached hydrogens (tertiary/aromatic N) is 5. The van der Waals surface area contributed by atoms with Crippen LogP contribution in [0.4, 0.5) is 5.95 Å². The summed E-state index contributed by atoms with van der Waals surface area (Å²) in [5.41, 5.74) is 2.89. The van der Waals surface area contributed by atoms with Crippen LogP contribution in [-0.4, -0.2) is 36.0 Å². The summed E-state index contributed by atoms with van der Waals surface area (Å²) in [6, 6.07) is 7.83. The number of H-pyrrole nitrogens is 1. The first-order chi connectivity index (χ1) is 11.8. The first kappa shape index (κ1) is 14.6. The van der Waals surface area contributed by atoms with Gasteiger partial charge in [0.2, 0.25) is 5.95 Å². The SMILES string of the molecule is Clc1cnc(NCCc2cnc[nH]2)nc1-n1cnc2ccccc21. The Kier molecular flexibility index (Phi) is 3.84. The lowest BCUT2D eigenvalue weighted by molar-refractivity contribution is 0.936. The molecule has 3 aromatic heterocycles. The molecular formula is C16H14ClN7. The fourth-order valence-corrected chi connectivity index (χ4v) is 2.65. The van der Waals surface area contributed by atoms with E-state index < -0.39 is 0 Å². The van der Waals surface area contributed by atoms with Gasteiger partial charge in [0.05, 0.1) is 23.6 Å². The standard InChI is InChI=1S/C16H14ClN7/c17-12-8-20-16(19-6-5-11-7-18-9-21-11)23-15(12)24-10-22-13-3-1-2-4-14(13)24/h1-4,7-10H,5-6H2,(H,18,21)(H,19,20,23). The molecule has 0 aliphatic rings. The fraction of sp³-hybridized carbons (Fsp3) is 0.125. The lowest BCUT2D eigenvalue weighted by atomic mass is 10.3. The summed E-state index contributed by atoms with van der Waals surface area (Å²) < 4.78 is 1.86. The summed E-state index contributed by atoms with van der Waals surface area (Å²) in [5, 5.41) is 3.67. The molecule has 0 saturated heterocycles. The van der Waals surface area contributed by atoms with Gasteiger partial charge in [-0.2, -0.15) is 4.98 Å². The molecule has 0 bridgehead atoms. The smallest absolute Gasteiger partial charge is 0.224 e. The first-order valence-corrected chi connectivity index (χ1v) is 7.85. The second kappa shape index (κ2) is 6.29. The largest absolute Gasteiger partial charge is 0.354 e. The number of para-hydroxylation sites is 2. The molecule has 0 amide bonds. The van der Waals surface area contributed by atoms with Gasteiger partial charge in [0.15, 0.2) is 5.82 Å². The normalized spacial score (nSPS) is 11.0. The average molecular weight is 340 g/mol. The van der Waals surface area contributed by atoms with E-state index in [4.69, 9.17) is 11.6 Å². The van der Waals surface area contributed by atoms with Crippen molar-refractivity contribution in [3.8, 4) is 5.82 Å². The third kappa shape index (κ3) is 2.81. The number of anilines is 1. The zero-order valence-electron chi connectivity index (χ0n) is 12.6. The van der Waals surface area contributed by atoms with Crippen LogP contribution in [0, 0.1) is 0 Å². The van der Waals surface area contributed by atoms with Crippen molar-refractivity contribution in [3.05, 3.63) is 60.0 Å². The molecule has 1 aromatic carbocycles. The third-order valence-corrected chi connectivity index (χ3v) is 3.91. The van der Waals surface area contributed by atoms with Crippen LogP contribution in [0.2, 0.25) is 5.02 Å². The summed E-state index contributed by atoms with van der Waals surface area (Å²) in [7, 11) is 0. The van der Waals surface area contributed by atoms with E-state index in [0.717, 1.165) is 23.1 Å². The quantitative estimate of drug-likeness (QED) is 0.584. The molecule has 0 radical (unpaired) electrons. The number of halogens is 1. The van der Waals surface area contributed by atoms with E-state index in [9.17, 15) is 0 Å². The minimum absolute atomic E-state index is 0.470. The fourth-order valence-electron chi connectivity index (χ4n) is 2.47. The van der Waals surface area contributed by atoms with Crippen molar-refractivity contribution in [2.75, 3.05) is 11.9 Å². The van der Waals surface area contributed by atoms with Crippen molar-refractivity contribution in [2.24, 2.45) is 0 Å². The summed E-state index contributed by atoms with van der Waals surface area (Å²) in [6.07, 6.45) is 7.57. The number of imidazole rings is 2. The number of hydrogen-bond acceptors (Lipinski definition) is 5. The van der Waals surface area contributed by atoms with Gasteiger partial charge in [-0.15, -0.1) is 0 Å². The summed E-state index contributed by atoms with van der Waals surface area (Å²) in [5.74, 6) is 1.12. The Labute approximate surface area is 142 Å². The predicted octanol–water partition coefficient (Wildman–Crippen LogP) is 2.85.